The zero-order valence-corrected chi connectivity index (χ0v) is 19.5. The van der Waals surface area contributed by atoms with E-state index in [9.17, 15) is 14.7 Å². The van der Waals surface area contributed by atoms with Crippen molar-refractivity contribution in [2.45, 2.75) is 6.04 Å². The van der Waals surface area contributed by atoms with E-state index >= 15 is 0 Å². The first-order chi connectivity index (χ1) is 16.5. The maximum absolute atomic E-state index is 13.3. The highest BCUT2D eigenvalue weighted by molar-refractivity contribution is 7.13. The van der Waals surface area contributed by atoms with E-state index < -0.39 is 23.5 Å². The molecule has 2 aromatic carbocycles. The number of ether oxygens (including phenoxy) is 3. The number of thiazole rings is 1. The van der Waals surface area contributed by atoms with Crippen LogP contribution in [0, 0.1) is 0 Å². The Hall–Kier alpha value is -4.11. The summed E-state index contributed by atoms with van der Waals surface area (Å²) in [5.74, 6) is -0.791. The number of carbonyl (C=O) groups is 2. The van der Waals surface area contributed by atoms with Gasteiger partial charge >= 0.3 is 0 Å². The van der Waals surface area contributed by atoms with Crippen LogP contribution in [0.2, 0.25) is 0 Å². The molecule has 4 rings (SSSR count). The number of benzene rings is 2. The molecule has 0 radical (unpaired) electrons. The highest BCUT2D eigenvalue weighted by Crippen LogP contribution is 2.46. The molecule has 174 valence electrons. The van der Waals surface area contributed by atoms with Crippen LogP contribution in [-0.2, 0) is 9.59 Å². The predicted molar refractivity (Wildman–Crippen MR) is 129 cm³/mol. The van der Waals surface area contributed by atoms with Crippen molar-refractivity contribution in [3.8, 4) is 17.2 Å². The predicted octanol–water partition coefficient (Wildman–Crippen LogP) is 4.35. The van der Waals surface area contributed by atoms with Gasteiger partial charge in [-0.15, -0.1) is 11.3 Å². The van der Waals surface area contributed by atoms with E-state index in [0.29, 0.717) is 27.9 Å². The average molecular weight is 479 g/mol. The number of hydrogen-bond acceptors (Lipinski definition) is 8. The second kappa shape index (κ2) is 9.80. The molecule has 3 aromatic rings. The van der Waals surface area contributed by atoms with E-state index in [1.807, 2.05) is 30.3 Å². The summed E-state index contributed by atoms with van der Waals surface area (Å²) in [4.78, 5) is 32.0. The number of rotatable bonds is 8. The standard InChI is InChI=1S/C25H22N2O6S/c1-31-18-13-16(14-19(32-2)23(18)33-3)21-20(17(28)10-9-15-7-5-4-6-8-15)22(29)24(30)27(21)25-26-11-12-34-25/h4-14,21,29H,1-3H3/b10-9+. The Balaban J connectivity index is 1.85. The van der Waals surface area contributed by atoms with E-state index in [0.717, 1.165) is 5.56 Å². The highest BCUT2D eigenvalue weighted by Gasteiger charge is 2.45. The fourth-order valence-corrected chi connectivity index (χ4v) is 4.46. The van der Waals surface area contributed by atoms with E-state index in [1.165, 1.54) is 43.6 Å². The SMILES string of the molecule is COc1cc(C2C(C(=O)/C=C/c3ccccc3)=C(O)C(=O)N2c2nccs2)cc(OC)c1OC. The molecule has 0 spiro atoms. The number of carbonyl (C=O) groups excluding carboxylic acids is 2. The number of nitrogens with zero attached hydrogens (tertiary/aromatic N) is 2. The summed E-state index contributed by atoms with van der Waals surface area (Å²) < 4.78 is 16.3. The molecule has 0 saturated carbocycles. The van der Waals surface area contributed by atoms with Gasteiger partial charge in [0.05, 0.1) is 32.9 Å². The van der Waals surface area contributed by atoms with Gasteiger partial charge in [0.15, 0.2) is 28.2 Å². The minimum Gasteiger partial charge on any atom is -0.503 e. The second-order valence-corrected chi connectivity index (χ2v) is 8.09. The highest BCUT2D eigenvalue weighted by atomic mass is 32.1. The number of ketones is 1. The summed E-state index contributed by atoms with van der Waals surface area (Å²) in [6.07, 6.45) is 4.52. The van der Waals surface area contributed by atoms with Crippen LogP contribution < -0.4 is 19.1 Å². The summed E-state index contributed by atoms with van der Waals surface area (Å²) in [5, 5.41) is 12.9. The van der Waals surface area contributed by atoms with Gasteiger partial charge in [0.2, 0.25) is 5.75 Å². The van der Waals surface area contributed by atoms with Gasteiger partial charge in [0.25, 0.3) is 5.91 Å². The molecule has 0 bridgehead atoms. The van der Waals surface area contributed by atoms with E-state index in [4.69, 9.17) is 14.2 Å². The molecule has 0 fully saturated rings. The number of amides is 1. The fourth-order valence-electron chi connectivity index (χ4n) is 3.79. The van der Waals surface area contributed by atoms with Gasteiger partial charge in [-0.1, -0.05) is 36.4 Å². The fraction of sp³-hybridized carbons (Fsp3) is 0.160. The Morgan fingerprint density at radius 3 is 2.32 bits per heavy atom. The second-order valence-electron chi connectivity index (χ2n) is 7.22. The number of anilines is 1. The summed E-state index contributed by atoms with van der Waals surface area (Å²) >= 11 is 1.22. The smallest absolute Gasteiger partial charge is 0.296 e. The van der Waals surface area contributed by atoms with Crippen molar-refractivity contribution >= 4 is 34.2 Å². The van der Waals surface area contributed by atoms with Gasteiger partial charge in [0.1, 0.15) is 0 Å². The maximum Gasteiger partial charge on any atom is 0.296 e. The summed E-state index contributed by atoms with van der Waals surface area (Å²) in [5.41, 5.74) is 1.22. The van der Waals surface area contributed by atoms with Crippen LogP contribution in [0.1, 0.15) is 17.2 Å². The number of methoxy groups -OCH3 is 3. The first kappa shape index (κ1) is 23.1. The Morgan fingerprint density at radius 1 is 1.09 bits per heavy atom. The van der Waals surface area contributed by atoms with Crippen LogP contribution in [0.4, 0.5) is 5.13 Å². The third-order valence-electron chi connectivity index (χ3n) is 5.33. The van der Waals surface area contributed by atoms with Crippen molar-refractivity contribution < 1.29 is 28.9 Å². The molecule has 0 saturated heterocycles. The Kier molecular flexibility index (Phi) is 6.65. The van der Waals surface area contributed by atoms with Gasteiger partial charge in [-0.2, -0.15) is 0 Å². The molecular weight excluding hydrogens is 456 g/mol. The molecule has 1 aliphatic rings. The third kappa shape index (κ3) is 4.13. The van der Waals surface area contributed by atoms with Crippen molar-refractivity contribution in [3.05, 3.63) is 82.6 Å². The first-order valence-electron chi connectivity index (χ1n) is 10.2. The minimum atomic E-state index is -0.958. The number of aliphatic hydroxyl groups is 1. The largest absolute Gasteiger partial charge is 0.503 e. The van der Waals surface area contributed by atoms with E-state index in [2.05, 4.69) is 4.98 Å². The summed E-state index contributed by atoms with van der Waals surface area (Å²) in [6.45, 7) is 0. The topological polar surface area (TPSA) is 98.2 Å². The number of aliphatic hydroxyl groups excluding tert-OH is 1. The third-order valence-corrected chi connectivity index (χ3v) is 6.10. The molecular formula is C25H22N2O6S. The minimum absolute atomic E-state index is 0.0679. The first-order valence-corrected chi connectivity index (χ1v) is 11.1. The van der Waals surface area contributed by atoms with Crippen LogP contribution in [0.5, 0.6) is 17.2 Å². The zero-order valence-electron chi connectivity index (χ0n) is 18.7. The van der Waals surface area contributed by atoms with Crippen LogP contribution in [-0.4, -0.2) is 43.1 Å². The molecule has 2 heterocycles. The van der Waals surface area contributed by atoms with Crippen molar-refractivity contribution in [1.29, 1.82) is 0 Å². The van der Waals surface area contributed by atoms with Gasteiger partial charge in [0, 0.05) is 11.6 Å². The zero-order chi connectivity index (χ0) is 24.2. The molecule has 1 aliphatic heterocycles. The molecule has 1 aromatic heterocycles. The number of allylic oxidation sites excluding steroid dienone is 1. The molecule has 1 amide bonds. The van der Waals surface area contributed by atoms with Crippen LogP contribution >= 0.6 is 11.3 Å². The molecule has 1 unspecified atom stereocenters. The molecule has 34 heavy (non-hydrogen) atoms. The van der Waals surface area contributed by atoms with Gasteiger partial charge in [-0.3, -0.25) is 14.5 Å². The van der Waals surface area contributed by atoms with E-state index in [1.54, 1.807) is 29.8 Å². The summed E-state index contributed by atoms with van der Waals surface area (Å²) in [6, 6.07) is 11.6. The van der Waals surface area contributed by atoms with Crippen molar-refractivity contribution in [1.82, 2.24) is 4.98 Å². The lowest BCUT2D eigenvalue weighted by molar-refractivity contribution is -0.117. The number of hydrogen-bond donors (Lipinski definition) is 1. The van der Waals surface area contributed by atoms with E-state index in [-0.39, 0.29) is 5.57 Å². The van der Waals surface area contributed by atoms with Crippen LogP contribution in [0.15, 0.2) is 71.4 Å². The van der Waals surface area contributed by atoms with Crippen LogP contribution in [0.3, 0.4) is 0 Å². The quantitative estimate of drug-likeness (QED) is 0.481. The van der Waals surface area contributed by atoms with Crippen molar-refractivity contribution in [2.24, 2.45) is 0 Å². The van der Waals surface area contributed by atoms with Crippen LogP contribution in [0.25, 0.3) is 6.08 Å². The number of aromatic nitrogens is 1. The molecule has 8 nitrogen and oxygen atoms in total. The maximum atomic E-state index is 13.3. The van der Waals surface area contributed by atoms with Crippen molar-refractivity contribution in [2.75, 3.05) is 26.2 Å². The average Bonchev–Trinajstić information content (AvgIpc) is 3.48. The normalized spacial score (nSPS) is 15.8. The lowest BCUT2D eigenvalue weighted by atomic mass is 9.95. The molecule has 1 N–H and O–H groups in total. The molecule has 9 heteroatoms. The Bertz CT molecular complexity index is 1240. The molecule has 1 atom stereocenters. The van der Waals surface area contributed by atoms with Gasteiger partial charge in [-0.05, 0) is 29.3 Å². The molecule has 0 aliphatic carbocycles. The monoisotopic (exact) mass is 478 g/mol. The Labute approximate surface area is 200 Å². The van der Waals surface area contributed by atoms with Crippen molar-refractivity contribution in [3.63, 3.8) is 0 Å². The summed E-state index contributed by atoms with van der Waals surface area (Å²) in [7, 11) is 4.43. The lowest BCUT2D eigenvalue weighted by Crippen LogP contribution is -2.30. The van der Waals surface area contributed by atoms with Gasteiger partial charge < -0.3 is 19.3 Å². The van der Waals surface area contributed by atoms with Gasteiger partial charge in [-0.25, -0.2) is 4.98 Å². The Morgan fingerprint density at radius 2 is 1.76 bits per heavy atom. The lowest BCUT2D eigenvalue weighted by Gasteiger charge is -2.25.